The lowest BCUT2D eigenvalue weighted by Crippen LogP contribution is -2.39. The zero-order chi connectivity index (χ0) is 69.0. The Labute approximate surface area is 572 Å². The van der Waals surface area contributed by atoms with E-state index in [4.69, 9.17) is 23.7 Å². The van der Waals surface area contributed by atoms with Crippen LogP contribution in [0.25, 0.3) is 0 Å². The Balaban J connectivity index is 0.000000171. The predicted molar refractivity (Wildman–Crippen MR) is 366 cm³/mol. The number of ether oxygens (including phenoxy) is 5. The van der Waals surface area contributed by atoms with Crippen LogP contribution in [-0.2, 0) is 52.5 Å². The lowest BCUT2D eigenvalue weighted by atomic mass is 9.64. The van der Waals surface area contributed by atoms with Gasteiger partial charge in [-0.1, -0.05) is 68.7 Å². The smallest absolute Gasteiger partial charge is 0.311 e. The van der Waals surface area contributed by atoms with Gasteiger partial charge >= 0.3 is 35.8 Å². The maximum atomic E-state index is 13.4. The number of carbonyl (C=O) groups is 6. The molecule has 95 heavy (non-hydrogen) atoms. The highest BCUT2D eigenvalue weighted by atomic mass is 16.7. The van der Waals surface area contributed by atoms with Crippen LogP contribution in [0.15, 0.2) is 0 Å². The molecule has 25 unspecified atom stereocenters. The standard InChI is InChI=1S/C32H54O6.C27H44O5.C21H34O4/c1-20(30(34)38-29-9-7-6-8-28(29)33)16-24(18-27-21(2)22-10-11-23(27)17-22)31(35)37-19-36-26-14-12-25(13-15-26)32(3,4)5;1-14(26(30)31)8-21-20(12-19-15(2)16-6-7-17(19)9-16)18-10-22(21)23(11-18)24(28)13-25(29)32-27(3,4)5;1-13(19(22)23)10-17(20(24)25-21(3)8-4-5-9-21)12-18-14(2)15-6-7-16(18)11-15/h20-29,33H,6-19H2,1-5H3;14-24,28H,6-13H2,1-5H3,(H,30,31);13-18H,4-12H2,1-3H3,(H,22,23). The highest BCUT2D eigenvalue weighted by molar-refractivity contribution is 5.76. The predicted octanol–water partition coefficient (Wildman–Crippen LogP) is 16.5. The third-order valence-electron chi connectivity index (χ3n) is 28.1. The molecule has 0 radical (unpaired) electrons. The summed E-state index contributed by atoms with van der Waals surface area (Å²) >= 11 is 0. The number of aliphatic hydroxyl groups is 2. The summed E-state index contributed by atoms with van der Waals surface area (Å²) < 4.78 is 28.8. The fraction of sp³-hybridized carbons (Fsp3) is 0.925. The van der Waals surface area contributed by atoms with E-state index in [1.807, 2.05) is 41.5 Å². The van der Waals surface area contributed by atoms with Crippen LogP contribution in [-0.4, -0.2) is 98.7 Å². The van der Waals surface area contributed by atoms with Crippen LogP contribution in [0.2, 0.25) is 0 Å². The van der Waals surface area contributed by atoms with Crippen LogP contribution in [0.5, 0.6) is 0 Å². The van der Waals surface area contributed by atoms with E-state index >= 15 is 0 Å². The summed E-state index contributed by atoms with van der Waals surface area (Å²) in [6, 6.07) is 0. The highest BCUT2D eigenvalue weighted by Crippen LogP contribution is 2.63. The first-order valence-electron chi connectivity index (χ1n) is 39.0. The van der Waals surface area contributed by atoms with Crippen molar-refractivity contribution in [3.05, 3.63) is 0 Å². The summed E-state index contributed by atoms with van der Waals surface area (Å²) in [5.74, 6) is 6.99. The van der Waals surface area contributed by atoms with Gasteiger partial charge in [0.15, 0.2) is 6.79 Å². The van der Waals surface area contributed by atoms with Gasteiger partial charge < -0.3 is 44.1 Å². The van der Waals surface area contributed by atoms with Gasteiger partial charge in [0.05, 0.1) is 54.3 Å². The van der Waals surface area contributed by atoms with Gasteiger partial charge in [-0.05, 0) is 319 Å². The van der Waals surface area contributed by atoms with E-state index in [0.29, 0.717) is 96.7 Å². The first-order chi connectivity index (χ1) is 44.8. The normalized spacial score (nSPS) is 38.4. The van der Waals surface area contributed by atoms with Gasteiger partial charge in [0.25, 0.3) is 0 Å². The molecular formula is C80H132O15. The molecule has 25 atom stereocenters. The Morgan fingerprint density at radius 3 is 1.56 bits per heavy atom. The van der Waals surface area contributed by atoms with Crippen molar-refractivity contribution < 1.29 is 72.9 Å². The van der Waals surface area contributed by atoms with Crippen LogP contribution in [0.3, 0.4) is 0 Å². The minimum Gasteiger partial charge on any atom is -0.481 e. The molecule has 0 aliphatic heterocycles. The summed E-state index contributed by atoms with van der Waals surface area (Å²) in [5.41, 5.74) is -0.552. The second kappa shape index (κ2) is 32.6. The molecule has 0 aromatic rings. The number of carbonyl (C=O) groups excluding carboxylic acids is 4. The van der Waals surface area contributed by atoms with E-state index in [2.05, 4.69) is 41.5 Å². The number of carboxylic acids is 2. The van der Waals surface area contributed by atoms with Gasteiger partial charge in [0, 0.05) is 0 Å². The average Bonchev–Trinajstić information content (AvgIpc) is 1.61. The minimum absolute atomic E-state index is 0.000444. The van der Waals surface area contributed by atoms with E-state index in [1.54, 1.807) is 6.92 Å². The SMILES string of the molecule is CC(CC(CC1C2CCC(C2)C1C)C(=O)OC1(C)CCCC1)C(=O)O.CC(CC(CC1C2CCC(C2)C1C)C(=O)OCOC1CCC(C(C)(C)C)CC1)C(=O)OC1CCCCC1O.CC(CC1C(CC2C3CCC(C3)C2C)C2CC(C(O)CC(=O)OC(C)(C)C)C1C2)C(=O)O. The molecule has 0 spiro atoms. The summed E-state index contributed by atoms with van der Waals surface area (Å²) in [6.07, 6.45) is 28.7. The molecule has 11 fully saturated rings. The van der Waals surface area contributed by atoms with Gasteiger partial charge in [-0.3, -0.25) is 28.8 Å². The number of aliphatic carboxylic acids is 2. The third kappa shape index (κ3) is 19.4. The van der Waals surface area contributed by atoms with Crippen molar-refractivity contribution in [3.63, 3.8) is 0 Å². The topological polar surface area (TPSA) is 229 Å². The number of rotatable bonds is 25. The Morgan fingerprint density at radius 2 is 1.05 bits per heavy atom. The molecule has 11 aliphatic rings. The second-order valence-electron chi connectivity index (χ2n) is 36.5. The first kappa shape index (κ1) is 75.9. The Kier molecular flexibility index (Phi) is 26.0. The number of esters is 4. The van der Waals surface area contributed by atoms with Gasteiger partial charge in [0.2, 0.25) is 0 Å². The molecule has 542 valence electrons. The summed E-state index contributed by atoms with van der Waals surface area (Å²) in [7, 11) is 0. The molecule has 4 N–H and O–H groups in total. The molecule has 15 heteroatoms. The third-order valence-corrected chi connectivity index (χ3v) is 28.1. The molecule has 0 heterocycles. The number of carboxylic acid groups (broad SMARTS) is 2. The monoisotopic (exact) mass is 1330 g/mol. The van der Waals surface area contributed by atoms with Crippen LogP contribution in [0.1, 0.15) is 283 Å². The van der Waals surface area contributed by atoms with E-state index in [9.17, 15) is 49.2 Å². The number of hydrogen-bond acceptors (Lipinski definition) is 13. The number of fused-ring (bicyclic) bond motifs is 8. The van der Waals surface area contributed by atoms with Crippen molar-refractivity contribution in [1.29, 1.82) is 0 Å². The van der Waals surface area contributed by atoms with Crippen molar-refractivity contribution >= 4 is 35.8 Å². The molecular weight excluding hydrogens is 1200 g/mol. The van der Waals surface area contributed by atoms with Gasteiger partial charge in [-0.15, -0.1) is 0 Å². The molecule has 0 amide bonds. The molecule has 15 nitrogen and oxygen atoms in total. The zero-order valence-electron chi connectivity index (χ0n) is 61.3. The maximum Gasteiger partial charge on any atom is 0.311 e. The van der Waals surface area contributed by atoms with Crippen molar-refractivity contribution in [1.82, 2.24) is 0 Å². The van der Waals surface area contributed by atoms with E-state index in [0.717, 1.165) is 131 Å². The Morgan fingerprint density at radius 1 is 0.537 bits per heavy atom. The Bertz CT molecular complexity index is 2530. The first-order valence-corrected chi connectivity index (χ1v) is 39.0. The minimum atomic E-state index is -0.814. The largest absolute Gasteiger partial charge is 0.481 e. The fourth-order valence-electron chi connectivity index (χ4n) is 22.4. The fourth-order valence-corrected chi connectivity index (χ4v) is 22.4. The summed E-state index contributed by atoms with van der Waals surface area (Å²) in [6.45, 7) is 27.0. The van der Waals surface area contributed by atoms with Crippen molar-refractivity contribution in [3.8, 4) is 0 Å². The van der Waals surface area contributed by atoms with Crippen molar-refractivity contribution in [2.24, 2.45) is 142 Å². The number of hydrogen-bond donors (Lipinski definition) is 4. The van der Waals surface area contributed by atoms with E-state index < -0.39 is 47.7 Å². The molecule has 11 rings (SSSR count). The Hall–Kier alpha value is -3.30. The molecule has 11 aliphatic carbocycles. The van der Waals surface area contributed by atoms with Gasteiger partial charge in [0.1, 0.15) is 17.3 Å². The quantitative estimate of drug-likeness (QED) is 0.0378. The van der Waals surface area contributed by atoms with Crippen LogP contribution < -0.4 is 0 Å². The maximum absolute atomic E-state index is 13.4. The summed E-state index contributed by atoms with van der Waals surface area (Å²) in [4.78, 5) is 74.6. The molecule has 0 aromatic carbocycles. The molecule has 11 saturated carbocycles. The molecule has 0 saturated heterocycles. The van der Waals surface area contributed by atoms with Crippen LogP contribution in [0, 0.1) is 142 Å². The summed E-state index contributed by atoms with van der Waals surface area (Å²) in [5, 5.41) is 40.1. The van der Waals surface area contributed by atoms with Crippen molar-refractivity contribution in [2.75, 3.05) is 6.79 Å². The highest BCUT2D eigenvalue weighted by Gasteiger charge is 2.57. The van der Waals surface area contributed by atoms with E-state index in [-0.39, 0.29) is 72.5 Å². The van der Waals surface area contributed by atoms with E-state index in [1.165, 1.54) is 64.2 Å². The molecule has 0 aromatic heterocycles. The van der Waals surface area contributed by atoms with Crippen molar-refractivity contribution in [2.45, 2.75) is 318 Å². The molecule has 8 bridgehead atoms. The lowest BCUT2D eigenvalue weighted by Gasteiger charge is -2.41. The van der Waals surface area contributed by atoms with Gasteiger partial charge in [-0.25, -0.2) is 0 Å². The second-order valence-corrected chi connectivity index (χ2v) is 36.5. The van der Waals surface area contributed by atoms with Gasteiger partial charge in [-0.2, -0.15) is 0 Å². The lowest BCUT2D eigenvalue weighted by molar-refractivity contribution is -0.171. The number of aliphatic hydroxyl groups excluding tert-OH is 2. The van der Waals surface area contributed by atoms with Crippen LogP contribution in [0.4, 0.5) is 0 Å². The van der Waals surface area contributed by atoms with Crippen LogP contribution >= 0.6 is 0 Å². The average molecular weight is 1330 g/mol. The zero-order valence-corrected chi connectivity index (χ0v) is 61.3.